The maximum atomic E-state index is 5.02. The van der Waals surface area contributed by atoms with Crippen molar-refractivity contribution in [3.63, 3.8) is 0 Å². The molecular weight excluding hydrogens is 216 g/mol. The molecule has 3 rings (SSSR count). The Kier molecular flexibility index (Phi) is 2.22. The summed E-state index contributed by atoms with van der Waals surface area (Å²) in [5.41, 5.74) is 2.78. The molecule has 0 radical (unpaired) electrons. The Balaban J connectivity index is 2.07. The molecule has 3 aromatic heterocycles. The molecule has 0 saturated heterocycles. The maximum Gasteiger partial charge on any atom is 0.212 e. The number of hydrogen-bond acceptors (Lipinski definition) is 4. The number of pyridine rings is 1. The number of ether oxygens (including phenoxy) is 1. The summed E-state index contributed by atoms with van der Waals surface area (Å²) in [6.45, 7) is 0. The highest BCUT2D eigenvalue weighted by Crippen LogP contribution is 2.22. The predicted octanol–water partition coefficient (Wildman–Crippen LogP) is 2.03. The molecule has 0 amide bonds. The van der Waals surface area contributed by atoms with Crippen molar-refractivity contribution in [2.45, 2.75) is 0 Å². The van der Waals surface area contributed by atoms with E-state index in [1.807, 2.05) is 18.2 Å². The lowest BCUT2D eigenvalue weighted by atomic mass is 10.2. The van der Waals surface area contributed by atoms with Gasteiger partial charge in [-0.15, -0.1) is 0 Å². The monoisotopic (exact) mass is 226 g/mol. The molecule has 3 heterocycles. The lowest BCUT2D eigenvalue weighted by Crippen LogP contribution is -1.87. The summed E-state index contributed by atoms with van der Waals surface area (Å²) in [6.07, 6.45) is 5.06. The largest absolute Gasteiger partial charge is 0.481 e. The van der Waals surface area contributed by atoms with Crippen LogP contribution in [-0.4, -0.2) is 27.0 Å². The van der Waals surface area contributed by atoms with Gasteiger partial charge in [-0.2, -0.15) is 0 Å². The zero-order valence-corrected chi connectivity index (χ0v) is 9.21. The van der Waals surface area contributed by atoms with Gasteiger partial charge in [0.25, 0.3) is 0 Å². The van der Waals surface area contributed by atoms with Crippen molar-refractivity contribution < 1.29 is 4.74 Å². The molecular formula is C12H10N4O. The Hall–Kier alpha value is -2.43. The average Bonchev–Trinajstić information content (AvgIpc) is 2.82. The number of aromatic amines is 1. The molecule has 0 atom stereocenters. The Morgan fingerprint density at radius 3 is 2.82 bits per heavy atom. The molecule has 5 heteroatoms. The summed E-state index contributed by atoms with van der Waals surface area (Å²) >= 11 is 0. The fourth-order valence-corrected chi connectivity index (χ4v) is 1.69. The number of H-pyrrole nitrogens is 1. The minimum atomic E-state index is 0.602. The van der Waals surface area contributed by atoms with E-state index in [4.69, 9.17) is 4.74 Å². The number of nitrogens with one attached hydrogen (secondary N) is 1. The van der Waals surface area contributed by atoms with Crippen molar-refractivity contribution in [2.75, 3.05) is 7.11 Å². The van der Waals surface area contributed by atoms with Crippen LogP contribution in [0, 0.1) is 0 Å². The quantitative estimate of drug-likeness (QED) is 0.726. The Morgan fingerprint density at radius 2 is 2.12 bits per heavy atom. The molecule has 0 bridgehead atoms. The van der Waals surface area contributed by atoms with Crippen molar-refractivity contribution in [3.8, 4) is 17.1 Å². The SMILES string of the molecule is COc1ccc(-c2cc3cncnc3[nH]2)cn1. The summed E-state index contributed by atoms with van der Waals surface area (Å²) in [5, 5.41) is 0.985. The molecule has 1 N–H and O–H groups in total. The van der Waals surface area contributed by atoms with Gasteiger partial charge in [0.15, 0.2) is 0 Å². The van der Waals surface area contributed by atoms with Crippen LogP contribution >= 0.6 is 0 Å². The third-order valence-electron chi connectivity index (χ3n) is 2.55. The second kappa shape index (κ2) is 3.86. The van der Waals surface area contributed by atoms with Gasteiger partial charge >= 0.3 is 0 Å². The van der Waals surface area contributed by atoms with Crippen molar-refractivity contribution in [3.05, 3.63) is 36.9 Å². The zero-order chi connectivity index (χ0) is 11.7. The highest BCUT2D eigenvalue weighted by Gasteiger charge is 2.04. The van der Waals surface area contributed by atoms with Crippen molar-refractivity contribution in [1.29, 1.82) is 0 Å². The number of methoxy groups -OCH3 is 1. The van der Waals surface area contributed by atoms with Crippen molar-refractivity contribution >= 4 is 11.0 Å². The van der Waals surface area contributed by atoms with Crippen LogP contribution in [0.5, 0.6) is 5.88 Å². The van der Waals surface area contributed by atoms with E-state index in [1.54, 1.807) is 19.5 Å². The number of fused-ring (bicyclic) bond motifs is 1. The van der Waals surface area contributed by atoms with Gasteiger partial charge in [0.2, 0.25) is 5.88 Å². The van der Waals surface area contributed by atoms with E-state index in [-0.39, 0.29) is 0 Å². The molecule has 3 aromatic rings. The first kappa shape index (κ1) is 9.77. The number of hydrogen-bond donors (Lipinski definition) is 1. The average molecular weight is 226 g/mol. The molecule has 0 aliphatic rings. The van der Waals surface area contributed by atoms with E-state index in [0.717, 1.165) is 22.3 Å². The molecule has 84 valence electrons. The summed E-state index contributed by atoms with van der Waals surface area (Å²) in [5.74, 6) is 0.602. The van der Waals surface area contributed by atoms with Crippen LogP contribution in [0.15, 0.2) is 36.9 Å². The van der Waals surface area contributed by atoms with Crippen molar-refractivity contribution in [2.24, 2.45) is 0 Å². The first-order valence-corrected chi connectivity index (χ1v) is 5.16. The Labute approximate surface area is 97.5 Å². The lowest BCUT2D eigenvalue weighted by Gasteiger charge is -1.99. The van der Waals surface area contributed by atoms with Crippen LogP contribution in [0.3, 0.4) is 0 Å². The molecule has 0 fully saturated rings. The van der Waals surface area contributed by atoms with Crippen LogP contribution in [-0.2, 0) is 0 Å². The van der Waals surface area contributed by atoms with Crippen molar-refractivity contribution in [1.82, 2.24) is 19.9 Å². The first-order valence-electron chi connectivity index (χ1n) is 5.16. The zero-order valence-electron chi connectivity index (χ0n) is 9.21. The summed E-state index contributed by atoms with van der Waals surface area (Å²) < 4.78 is 5.02. The standard InChI is InChI=1S/C12H10N4O/c1-17-11-3-2-8(6-14-11)10-4-9-5-13-7-15-12(9)16-10/h2-7H,1H3,(H,13,15,16). The third kappa shape index (κ3) is 1.71. The summed E-state index contributed by atoms with van der Waals surface area (Å²) in [4.78, 5) is 15.5. The smallest absolute Gasteiger partial charge is 0.212 e. The maximum absolute atomic E-state index is 5.02. The molecule has 0 aliphatic heterocycles. The predicted molar refractivity (Wildman–Crippen MR) is 63.7 cm³/mol. The van der Waals surface area contributed by atoms with Gasteiger partial charge < -0.3 is 9.72 Å². The minimum absolute atomic E-state index is 0.602. The second-order valence-corrected chi connectivity index (χ2v) is 3.60. The van der Waals surface area contributed by atoms with E-state index >= 15 is 0 Å². The molecule has 0 unspecified atom stereocenters. The van der Waals surface area contributed by atoms with Gasteiger partial charge in [0.05, 0.1) is 7.11 Å². The van der Waals surface area contributed by atoms with Gasteiger partial charge in [0, 0.05) is 35.1 Å². The van der Waals surface area contributed by atoms with Gasteiger partial charge in [-0.3, -0.25) is 0 Å². The molecule has 0 aliphatic carbocycles. The Bertz CT molecular complexity index is 612. The third-order valence-corrected chi connectivity index (χ3v) is 2.55. The number of rotatable bonds is 2. The molecule has 0 saturated carbocycles. The molecule has 17 heavy (non-hydrogen) atoms. The fraction of sp³-hybridized carbons (Fsp3) is 0.0833. The summed E-state index contributed by atoms with van der Waals surface area (Å²) in [7, 11) is 1.60. The number of aromatic nitrogens is 4. The topological polar surface area (TPSA) is 63.7 Å². The van der Waals surface area contributed by atoms with Gasteiger partial charge in [0.1, 0.15) is 12.0 Å². The normalized spacial score (nSPS) is 10.6. The highest BCUT2D eigenvalue weighted by molar-refractivity contribution is 5.81. The first-order chi connectivity index (χ1) is 8.36. The van der Waals surface area contributed by atoms with Gasteiger partial charge in [-0.05, 0) is 12.1 Å². The minimum Gasteiger partial charge on any atom is -0.481 e. The van der Waals surface area contributed by atoms with E-state index in [9.17, 15) is 0 Å². The fourth-order valence-electron chi connectivity index (χ4n) is 1.69. The number of nitrogens with zero attached hydrogens (tertiary/aromatic N) is 3. The van der Waals surface area contributed by atoms with Crippen LogP contribution < -0.4 is 4.74 Å². The van der Waals surface area contributed by atoms with E-state index in [1.165, 1.54) is 6.33 Å². The molecule has 0 spiro atoms. The van der Waals surface area contributed by atoms with Crippen LogP contribution in [0.4, 0.5) is 0 Å². The summed E-state index contributed by atoms with van der Waals surface area (Å²) in [6, 6.07) is 5.77. The van der Waals surface area contributed by atoms with E-state index in [0.29, 0.717) is 5.88 Å². The van der Waals surface area contributed by atoms with E-state index < -0.39 is 0 Å². The molecule has 5 nitrogen and oxygen atoms in total. The molecule has 0 aromatic carbocycles. The van der Waals surface area contributed by atoms with Crippen LogP contribution in [0.25, 0.3) is 22.3 Å². The van der Waals surface area contributed by atoms with E-state index in [2.05, 4.69) is 19.9 Å². The highest BCUT2D eigenvalue weighted by atomic mass is 16.5. The van der Waals surface area contributed by atoms with Gasteiger partial charge in [-0.25, -0.2) is 15.0 Å². The van der Waals surface area contributed by atoms with Gasteiger partial charge in [-0.1, -0.05) is 0 Å². The lowest BCUT2D eigenvalue weighted by molar-refractivity contribution is 0.398. The Morgan fingerprint density at radius 1 is 1.18 bits per heavy atom. The second-order valence-electron chi connectivity index (χ2n) is 3.60. The van der Waals surface area contributed by atoms with Crippen LogP contribution in [0.2, 0.25) is 0 Å². The van der Waals surface area contributed by atoms with Crippen LogP contribution in [0.1, 0.15) is 0 Å².